The number of unbranched alkanes of at least 4 members (excludes halogenated alkanes) is 1. The molecule has 0 aliphatic heterocycles. The summed E-state index contributed by atoms with van der Waals surface area (Å²) in [4.78, 5) is 11.5. The minimum atomic E-state index is -2.77. The van der Waals surface area contributed by atoms with Crippen LogP contribution >= 0.6 is 0 Å². The molecule has 0 aliphatic carbocycles. The minimum absolute atomic E-state index is 0.415. The van der Waals surface area contributed by atoms with Crippen molar-refractivity contribution in [2.24, 2.45) is 0 Å². The molecule has 0 bridgehead atoms. The largest absolute Gasteiger partial charge is 0.564 e. The predicted molar refractivity (Wildman–Crippen MR) is 60.4 cm³/mol. The second-order valence-electron chi connectivity index (χ2n) is 3.37. The summed E-state index contributed by atoms with van der Waals surface area (Å²) in [5.74, 6) is -0.415. The van der Waals surface area contributed by atoms with E-state index >= 15 is 0 Å². The average molecular weight is 232 g/mol. The van der Waals surface area contributed by atoms with Gasteiger partial charge in [0.25, 0.3) is 0 Å². The van der Waals surface area contributed by atoms with E-state index in [4.69, 9.17) is 13.3 Å². The van der Waals surface area contributed by atoms with Crippen molar-refractivity contribution >= 4 is 14.8 Å². The molecule has 5 heteroatoms. The zero-order chi connectivity index (χ0) is 11.9. The van der Waals surface area contributed by atoms with Gasteiger partial charge in [0, 0.05) is 26.3 Å². The number of hydrogen-bond acceptors (Lipinski definition) is 4. The van der Waals surface area contributed by atoms with Crippen molar-refractivity contribution < 1.29 is 18.1 Å². The van der Waals surface area contributed by atoms with Crippen molar-refractivity contribution in [1.29, 1.82) is 0 Å². The summed E-state index contributed by atoms with van der Waals surface area (Å²) in [6, 6.07) is 0. The average Bonchev–Trinajstić information content (AvgIpc) is 2.25. The Morgan fingerprint density at radius 3 is 2.27 bits per heavy atom. The van der Waals surface area contributed by atoms with Crippen LogP contribution in [0.1, 0.15) is 26.2 Å². The smallest absolute Gasteiger partial charge is 0.470 e. The zero-order valence-corrected chi connectivity index (χ0v) is 11.0. The molecule has 0 aromatic rings. The molecule has 0 aromatic heterocycles. The summed E-state index contributed by atoms with van der Waals surface area (Å²) in [5, 5.41) is 0. The van der Waals surface area contributed by atoms with E-state index in [-0.39, 0.29) is 0 Å². The third-order valence-corrected chi connectivity index (χ3v) is 4.18. The van der Waals surface area contributed by atoms with Gasteiger partial charge in [0.2, 0.25) is 0 Å². The fourth-order valence-electron chi connectivity index (χ4n) is 0.899. The molecule has 0 radical (unpaired) electrons. The van der Waals surface area contributed by atoms with Gasteiger partial charge < -0.3 is 13.3 Å². The van der Waals surface area contributed by atoms with Crippen molar-refractivity contribution in [2.75, 3.05) is 14.2 Å². The first-order valence-electron chi connectivity index (χ1n) is 5.00. The van der Waals surface area contributed by atoms with Gasteiger partial charge in [-0.25, -0.2) is 4.79 Å². The summed E-state index contributed by atoms with van der Waals surface area (Å²) in [6.45, 7) is 7.40. The van der Waals surface area contributed by atoms with Crippen LogP contribution in [-0.4, -0.2) is 29.0 Å². The summed E-state index contributed by atoms with van der Waals surface area (Å²) in [7, 11) is 0.167. The summed E-state index contributed by atoms with van der Waals surface area (Å²) >= 11 is 0. The second-order valence-corrected chi connectivity index (χ2v) is 6.11. The molecule has 0 atom stereocenters. The third kappa shape index (κ3) is 5.11. The quantitative estimate of drug-likeness (QED) is 0.498. The van der Waals surface area contributed by atoms with Crippen molar-refractivity contribution in [3.05, 3.63) is 12.2 Å². The maximum absolute atomic E-state index is 11.5. The Morgan fingerprint density at radius 2 is 1.87 bits per heavy atom. The maximum atomic E-state index is 11.5. The van der Waals surface area contributed by atoms with Crippen LogP contribution in [0.3, 0.4) is 0 Å². The Hall–Kier alpha value is -0.653. The number of carbonyl (C=O) groups is 1. The van der Waals surface area contributed by atoms with Crippen molar-refractivity contribution in [2.45, 2.75) is 32.7 Å². The number of rotatable bonds is 7. The molecule has 0 saturated heterocycles. The van der Waals surface area contributed by atoms with Gasteiger partial charge in [-0.1, -0.05) is 19.9 Å². The monoisotopic (exact) mass is 232 g/mol. The molecular weight excluding hydrogens is 212 g/mol. The van der Waals surface area contributed by atoms with Crippen LogP contribution < -0.4 is 0 Å². The van der Waals surface area contributed by atoms with Crippen LogP contribution in [0.5, 0.6) is 0 Å². The van der Waals surface area contributed by atoms with Crippen LogP contribution in [0, 0.1) is 0 Å². The Morgan fingerprint density at radius 1 is 1.33 bits per heavy atom. The van der Waals surface area contributed by atoms with E-state index in [9.17, 15) is 4.79 Å². The van der Waals surface area contributed by atoms with Gasteiger partial charge in [0.15, 0.2) is 0 Å². The zero-order valence-electron chi connectivity index (χ0n) is 9.96. The molecule has 0 spiro atoms. The standard InChI is InChI=1S/C10H20O4Si/c1-6-7-8-9(2)10(11)14-15(5,12-3)13-4/h2,6-8H2,1,3-5H3. The lowest BCUT2D eigenvalue weighted by atomic mass is 10.1. The minimum Gasteiger partial charge on any atom is -0.470 e. The Labute approximate surface area is 92.6 Å². The van der Waals surface area contributed by atoms with Crippen molar-refractivity contribution in [3.8, 4) is 0 Å². The highest BCUT2D eigenvalue weighted by molar-refractivity contribution is 6.61. The molecule has 0 saturated carbocycles. The maximum Gasteiger partial charge on any atom is 0.564 e. The van der Waals surface area contributed by atoms with Gasteiger partial charge in [-0.3, -0.25) is 0 Å². The molecule has 0 fully saturated rings. The van der Waals surface area contributed by atoms with Crippen LogP contribution in [0.25, 0.3) is 0 Å². The van der Waals surface area contributed by atoms with Crippen molar-refractivity contribution in [1.82, 2.24) is 0 Å². The van der Waals surface area contributed by atoms with E-state index in [2.05, 4.69) is 13.5 Å². The number of hydrogen-bond donors (Lipinski definition) is 0. The molecule has 0 heterocycles. The van der Waals surface area contributed by atoms with E-state index in [0.29, 0.717) is 12.0 Å². The normalized spacial score (nSPS) is 11.2. The lowest BCUT2D eigenvalue weighted by molar-refractivity contribution is -0.134. The van der Waals surface area contributed by atoms with E-state index in [1.54, 1.807) is 6.55 Å². The molecule has 4 nitrogen and oxygen atoms in total. The molecule has 0 aliphatic rings. The van der Waals surface area contributed by atoms with Gasteiger partial charge in [-0.15, -0.1) is 0 Å². The second kappa shape index (κ2) is 6.76. The van der Waals surface area contributed by atoms with Gasteiger partial charge in [-0.2, -0.15) is 0 Å². The molecule has 0 N–H and O–H groups in total. The van der Waals surface area contributed by atoms with Crippen LogP contribution in [0.2, 0.25) is 6.55 Å². The molecule has 88 valence electrons. The van der Waals surface area contributed by atoms with Gasteiger partial charge in [0.05, 0.1) is 0 Å². The number of carbonyl (C=O) groups excluding carboxylic acids is 1. The Kier molecular flexibility index (Phi) is 6.47. The highest BCUT2D eigenvalue weighted by Gasteiger charge is 2.36. The van der Waals surface area contributed by atoms with Crippen LogP contribution in [0.4, 0.5) is 0 Å². The van der Waals surface area contributed by atoms with Crippen molar-refractivity contribution in [3.63, 3.8) is 0 Å². The highest BCUT2D eigenvalue weighted by Crippen LogP contribution is 2.12. The molecule has 15 heavy (non-hydrogen) atoms. The predicted octanol–water partition coefficient (Wildman–Crippen LogP) is 2.14. The fraction of sp³-hybridized carbons (Fsp3) is 0.700. The lowest BCUT2D eigenvalue weighted by Crippen LogP contribution is -2.42. The van der Waals surface area contributed by atoms with Crippen LogP contribution in [-0.2, 0) is 18.1 Å². The molecule has 0 aromatic carbocycles. The first-order valence-corrected chi connectivity index (χ1v) is 7.23. The fourth-order valence-corrected chi connectivity index (χ4v) is 1.71. The Bertz CT molecular complexity index is 223. The molecule has 0 amide bonds. The van der Waals surface area contributed by atoms with Gasteiger partial charge >= 0.3 is 14.8 Å². The molecule has 0 unspecified atom stereocenters. The lowest BCUT2D eigenvalue weighted by Gasteiger charge is -2.21. The first-order chi connectivity index (χ1) is 6.99. The summed E-state index contributed by atoms with van der Waals surface area (Å²) < 4.78 is 15.2. The topological polar surface area (TPSA) is 44.8 Å². The Balaban J connectivity index is 4.17. The van der Waals surface area contributed by atoms with Gasteiger partial charge in [-0.05, 0) is 12.8 Å². The van der Waals surface area contributed by atoms with E-state index in [0.717, 1.165) is 12.8 Å². The van der Waals surface area contributed by atoms with E-state index in [1.807, 2.05) is 0 Å². The van der Waals surface area contributed by atoms with E-state index in [1.165, 1.54) is 14.2 Å². The summed E-state index contributed by atoms with van der Waals surface area (Å²) in [5.41, 5.74) is 0.477. The SMILES string of the molecule is C=C(CCCC)C(=O)O[Si](C)(OC)OC. The highest BCUT2D eigenvalue weighted by atomic mass is 28.4. The molecular formula is C10H20O4Si. The van der Waals surface area contributed by atoms with E-state index < -0.39 is 14.8 Å². The molecule has 0 rings (SSSR count). The summed E-state index contributed by atoms with van der Waals surface area (Å²) in [6.07, 6.45) is 2.62. The van der Waals surface area contributed by atoms with Gasteiger partial charge in [0.1, 0.15) is 0 Å². The first kappa shape index (κ1) is 14.3. The third-order valence-electron chi connectivity index (χ3n) is 2.14. The van der Waals surface area contributed by atoms with Crippen LogP contribution in [0.15, 0.2) is 12.2 Å².